The summed E-state index contributed by atoms with van der Waals surface area (Å²) < 4.78 is 2.21. The summed E-state index contributed by atoms with van der Waals surface area (Å²) in [6, 6.07) is 20.9. The van der Waals surface area contributed by atoms with Gasteiger partial charge in [0.2, 0.25) is 5.91 Å². The molecule has 0 bridgehead atoms. The Bertz CT molecular complexity index is 1470. The second-order valence-corrected chi connectivity index (χ2v) is 10.8. The van der Waals surface area contributed by atoms with Crippen molar-refractivity contribution in [3.8, 4) is 11.4 Å². The van der Waals surface area contributed by atoms with Gasteiger partial charge in [-0.2, -0.15) is 0 Å². The number of aromatic nitrogens is 4. The predicted molar refractivity (Wildman–Crippen MR) is 142 cm³/mol. The topological polar surface area (TPSA) is 75.6 Å². The van der Waals surface area contributed by atoms with Crippen molar-refractivity contribution < 1.29 is 4.79 Å². The quantitative estimate of drug-likeness (QED) is 0.252. The van der Waals surface area contributed by atoms with Crippen molar-refractivity contribution in [3.05, 3.63) is 88.2 Å². The molecule has 1 aliphatic carbocycles. The van der Waals surface area contributed by atoms with E-state index in [4.69, 9.17) is 0 Å². The SMILES string of the molecule is Cc1ccc(C(NC(=O)CSc2nnc(-c3c[nH]c4ccccc34)n2C2CC2)c2cccs2)cc1. The van der Waals surface area contributed by atoms with Gasteiger partial charge >= 0.3 is 0 Å². The van der Waals surface area contributed by atoms with Crippen LogP contribution in [-0.2, 0) is 4.79 Å². The fraction of sp³-hybridized carbons (Fsp3) is 0.222. The van der Waals surface area contributed by atoms with Gasteiger partial charge in [-0.05, 0) is 42.8 Å². The predicted octanol–water partition coefficient (Wildman–Crippen LogP) is 6.13. The lowest BCUT2D eigenvalue weighted by atomic mass is 10.0. The van der Waals surface area contributed by atoms with Crippen molar-refractivity contribution in [3.63, 3.8) is 0 Å². The number of amides is 1. The summed E-state index contributed by atoms with van der Waals surface area (Å²) in [4.78, 5) is 17.5. The number of thiophene rings is 1. The number of H-pyrrole nitrogens is 1. The van der Waals surface area contributed by atoms with E-state index in [1.807, 2.05) is 29.8 Å². The highest BCUT2D eigenvalue weighted by Crippen LogP contribution is 2.42. The number of nitrogens with one attached hydrogen (secondary N) is 2. The number of fused-ring (bicyclic) bond motifs is 1. The van der Waals surface area contributed by atoms with E-state index >= 15 is 0 Å². The molecule has 6 rings (SSSR count). The fourth-order valence-corrected chi connectivity index (χ4v) is 5.96. The van der Waals surface area contributed by atoms with Crippen LogP contribution in [0, 0.1) is 6.92 Å². The first-order valence-corrected chi connectivity index (χ1v) is 13.6. The number of aromatic amines is 1. The first-order chi connectivity index (χ1) is 17.2. The smallest absolute Gasteiger partial charge is 0.231 e. The zero-order chi connectivity index (χ0) is 23.8. The summed E-state index contributed by atoms with van der Waals surface area (Å²) in [6.07, 6.45) is 4.23. The summed E-state index contributed by atoms with van der Waals surface area (Å²) in [5, 5.41) is 16.3. The minimum Gasteiger partial charge on any atom is -0.360 e. The Morgan fingerprint density at radius 3 is 2.74 bits per heavy atom. The maximum absolute atomic E-state index is 13.1. The highest BCUT2D eigenvalue weighted by molar-refractivity contribution is 7.99. The summed E-state index contributed by atoms with van der Waals surface area (Å²) in [5.41, 5.74) is 4.41. The molecule has 1 amide bonds. The molecule has 176 valence electrons. The lowest BCUT2D eigenvalue weighted by Gasteiger charge is -2.18. The molecule has 3 aromatic heterocycles. The Morgan fingerprint density at radius 1 is 1.14 bits per heavy atom. The Hall–Kier alpha value is -3.36. The molecule has 0 saturated heterocycles. The second-order valence-electron chi connectivity index (χ2n) is 8.87. The van der Waals surface area contributed by atoms with Gasteiger partial charge < -0.3 is 10.3 Å². The van der Waals surface area contributed by atoms with Crippen molar-refractivity contribution in [2.24, 2.45) is 0 Å². The number of hydrogen-bond acceptors (Lipinski definition) is 5. The number of nitrogens with zero attached hydrogens (tertiary/aromatic N) is 3. The normalized spacial score (nSPS) is 14.3. The van der Waals surface area contributed by atoms with Gasteiger partial charge in [0.15, 0.2) is 11.0 Å². The zero-order valence-corrected chi connectivity index (χ0v) is 20.9. The van der Waals surface area contributed by atoms with Crippen LogP contribution < -0.4 is 5.32 Å². The van der Waals surface area contributed by atoms with E-state index in [1.165, 1.54) is 17.3 Å². The monoisotopic (exact) mass is 499 g/mol. The average Bonchev–Trinajstić information content (AvgIpc) is 3.26. The molecule has 1 unspecified atom stereocenters. The van der Waals surface area contributed by atoms with Crippen molar-refractivity contribution in [1.82, 2.24) is 25.1 Å². The molecule has 0 radical (unpaired) electrons. The molecule has 1 fully saturated rings. The van der Waals surface area contributed by atoms with Crippen molar-refractivity contribution in [2.75, 3.05) is 5.75 Å². The summed E-state index contributed by atoms with van der Waals surface area (Å²) in [5.74, 6) is 1.13. The molecule has 3 heterocycles. The highest BCUT2D eigenvalue weighted by Gasteiger charge is 2.31. The van der Waals surface area contributed by atoms with Crippen LogP contribution in [0.3, 0.4) is 0 Å². The minimum atomic E-state index is -0.160. The molecule has 1 saturated carbocycles. The van der Waals surface area contributed by atoms with Gasteiger partial charge in [-0.1, -0.05) is 65.9 Å². The summed E-state index contributed by atoms with van der Waals surface area (Å²) >= 11 is 3.11. The van der Waals surface area contributed by atoms with Gasteiger partial charge in [0, 0.05) is 33.6 Å². The fourth-order valence-electron chi connectivity index (χ4n) is 4.34. The number of aryl methyl sites for hydroxylation is 1. The second kappa shape index (κ2) is 9.36. The van der Waals surface area contributed by atoms with E-state index in [1.54, 1.807) is 11.3 Å². The summed E-state index contributed by atoms with van der Waals surface area (Å²) in [7, 11) is 0. The molecule has 6 nitrogen and oxygen atoms in total. The Morgan fingerprint density at radius 2 is 1.97 bits per heavy atom. The van der Waals surface area contributed by atoms with Gasteiger partial charge in [0.05, 0.1) is 11.8 Å². The molecule has 5 aromatic rings. The van der Waals surface area contributed by atoms with Crippen LogP contribution in [0.4, 0.5) is 0 Å². The van der Waals surface area contributed by atoms with Crippen molar-refractivity contribution >= 4 is 39.9 Å². The number of rotatable bonds is 8. The molecule has 35 heavy (non-hydrogen) atoms. The Labute approximate surface area is 211 Å². The van der Waals surface area contributed by atoms with Gasteiger partial charge in [-0.15, -0.1) is 21.5 Å². The van der Waals surface area contributed by atoms with Crippen LogP contribution in [0.5, 0.6) is 0 Å². The maximum atomic E-state index is 13.1. The Balaban J connectivity index is 1.22. The van der Waals surface area contributed by atoms with Gasteiger partial charge in [0.25, 0.3) is 0 Å². The summed E-state index contributed by atoms with van der Waals surface area (Å²) in [6.45, 7) is 2.07. The lowest BCUT2D eigenvalue weighted by Crippen LogP contribution is -2.30. The number of benzene rings is 2. The van der Waals surface area contributed by atoms with E-state index in [0.717, 1.165) is 50.7 Å². The standard InChI is InChI=1S/C27H25N5OS2/c1-17-8-10-18(11-9-17)25(23-7-4-14-34-23)29-24(33)16-35-27-31-30-26(32(27)19-12-13-19)21-15-28-22-6-3-2-5-20(21)22/h2-11,14-15,19,25,28H,12-13,16H2,1H3,(H,29,33). The van der Waals surface area contributed by atoms with Crippen molar-refractivity contribution in [2.45, 2.75) is 37.0 Å². The van der Waals surface area contributed by atoms with E-state index in [2.05, 4.69) is 74.5 Å². The van der Waals surface area contributed by atoms with Crippen molar-refractivity contribution in [1.29, 1.82) is 0 Å². The number of carbonyl (C=O) groups excluding carboxylic acids is 1. The first-order valence-electron chi connectivity index (χ1n) is 11.7. The number of hydrogen-bond donors (Lipinski definition) is 2. The largest absolute Gasteiger partial charge is 0.360 e. The van der Waals surface area contributed by atoms with Crippen LogP contribution in [-0.4, -0.2) is 31.4 Å². The van der Waals surface area contributed by atoms with Crippen LogP contribution >= 0.6 is 23.1 Å². The van der Waals surface area contributed by atoms with Crippen LogP contribution in [0.15, 0.2) is 77.4 Å². The number of carbonyl (C=O) groups is 1. The lowest BCUT2D eigenvalue weighted by molar-refractivity contribution is -0.119. The molecule has 2 N–H and O–H groups in total. The van der Waals surface area contributed by atoms with E-state index in [0.29, 0.717) is 6.04 Å². The molecule has 2 aromatic carbocycles. The van der Waals surface area contributed by atoms with E-state index < -0.39 is 0 Å². The average molecular weight is 500 g/mol. The first kappa shape index (κ1) is 22.1. The highest BCUT2D eigenvalue weighted by atomic mass is 32.2. The van der Waals surface area contributed by atoms with Gasteiger partial charge in [-0.3, -0.25) is 9.36 Å². The van der Waals surface area contributed by atoms with E-state index in [-0.39, 0.29) is 17.7 Å². The number of thioether (sulfide) groups is 1. The zero-order valence-electron chi connectivity index (χ0n) is 19.3. The minimum absolute atomic E-state index is 0.0204. The third-order valence-electron chi connectivity index (χ3n) is 6.28. The maximum Gasteiger partial charge on any atom is 0.231 e. The van der Waals surface area contributed by atoms with Crippen LogP contribution in [0.2, 0.25) is 0 Å². The molecule has 0 aliphatic heterocycles. The number of para-hydroxylation sites is 1. The molecular formula is C27H25N5OS2. The molecule has 0 spiro atoms. The van der Waals surface area contributed by atoms with Gasteiger partial charge in [0.1, 0.15) is 0 Å². The molecular weight excluding hydrogens is 474 g/mol. The third kappa shape index (κ3) is 4.51. The van der Waals surface area contributed by atoms with Crippen LogP contribution in [0.1, 0.15) is 40.9 Å². The molecule has 1 aliphatic rings. The molecule has 1 atom stereocenters. The Kier molecular flexibility index (Phi) is 5.91. The van der Waals surface area contributed by atoms with Crippen LogP contribution in [0.25, 0.3) is 22.3 Å². The molecule has 8 heteroatoms. The third-order valence-corrected chi connectivity index (χ3v) is 8.16. The van der Waals surface area contributed by atoms with E-state index in [9.17, 15) is 4.79 Å². The van der Waals surface area contributed by atoms with Gasteiger partial charge in [-0.25, -0.2) is 0 Å².